The predicted octanol–water partition coefficient (Wildman–Crippen LogP) is 0.135. The van der Waals surface area contributed by atoms with Crippen LogP contribution in [0.3, 0.4) is 0 Å². The molecule has 2 amide bonds. The highest BCUT2D eigenvalue weighted by Gasteiger charge is 2.19. The molecule has 1 fully saturated rings. The highest BCUT2D eigenvalue weighted by atomic mass is 16.2. The largest absolute Gasteiger partial charge is 0.353 e. The summed E-state index contributed by atoms with van der Waals surface area (Å²) in [6.07, 6.45) is 2.51. The predicted molar refractivity (Wildman–Crippen MR) is 49.1 cm³/mol. The number of piperazine rings is 1. The molecule has 0 unspecified atom stereocenters. The van der Waals surface area contributed by atoms with Gasteiger partial charge in [0.1, 0.15) is 0 Å². The number of carbonyl (C=O) groups excluding carboxylic acids is 2. The number of nitrogens with zero attached hydrogens (tertiary/aromatic N) is 1. The van der Waals surface area contributed by atoms with Crippen LogP contribution in [-0.2, 0) is 9.59 Å². The smallest absolute Gasteiger partial charge is 0.239 e. The van der Waals surface area contributed by atoms with Crippen molar-refractivity contribution in [2.24, 2.45) is 0 Å². The van der Waals surface area contributed by atoms with Crippen LogP contribution in [0.4, 0.5) is 0 Å². The zero-order valence-electron chi connectivity index (χ0n) is 8.01. The summed E-state index contributed by atoms with van der Waals surface area (Å²) in [5.74, 6) is 0.0628. The number of hydrogen-bond acceptors (Lipinski definition) is 2. The first-order valence-corrected chi connectivity index (χ1v) is 4.78. The van der Waals surface area contributed by atoms with Crippen LogP contribution in [0.2, 0.25) is 0 Å². The third kappa shape index (κ3) is 3.05. The molecular weight excluding hydrogens is 168 g/mol. The summed E-state index contributed by atoms with van der Waals surface area (Å²) >= 11 is 0. The quantitative estimate of drug-likeness (QED) is 0.678. The van der Waals surface area contributed by atoms with Gasteiger partial charge in [-0.05, 0) is 6.42 Å². The van der Waals surface area contributed by atoms with Gasteiger partial charge < -0.3 is 10.2 Å². The van der Waals surface area contributed by atoms with E-state index < -0.39 is 0 Å². The van der Waals surface area contributed by atoms with Gasteiger partial charge in [0.05, 0.1) is 6.54 Å². The molecular formula is C9H16N2O2. The minimum Gasteiger partial charge on any atom is -0.353 e. The van der Waals surface area contributed by atoms with Crippen molar-refractivity contribution in [3.63, 3.8) is 0 Å². The lowest BCUT2D eigenvalue weighted by Crippen LogP contribution is -2.49. The summed E-state index contributed by atoms with van der Waals surface area (Å²) in [4.78, 5) is 24.0. The molecule has 0 aromatic carbocycles. The van der Waals surface area contributed by atoms with Crippen molar-refractivity contribution in [1.82, 2.24) is 10.2 Å². The molecule has 1 aliphatic heterocycles. The van der Waals surface area contributed by atoms with E-state index in [4.69, 9.17) is 0 Å². The molecule has 0 spiro atoms. The molecule has 4 heteroatoms. The monoisotopic (exact) mass is 184 g/mol. The van der Waals surface area contributed by atoms with Gasteiger partial charge >= 0.3 is 0 Å². The standard InChI is InChI=1S/C9H16N2O2/c1-2-3-4-9(13)11-6-5-10-8(12)7-11/h2-7H2,1H3,(H,10,12). The van der Waals surface area contributed by atoms with Crippen molar-refractivity contribution in [3.05, 3.63) is 0 Å². The van der Waals surface area contributed by atoms with E-state index in [0.29, 0.717) is 19.5 Å². The Morgan fingerprint density at radius 3 is 3.00 bits per heavy atom. The van der Waals surface area contributed by atoms with E-state index in [2.05, 4.69) is 12.2 Å². The van der Waals surface area contributed by atoms with Crippen molar-refractivity contribution in [2.75, 3.05) is 19.6 Å². The number of amides is 2. The average molecular weight is 184 g/mol. The van der Waals surface area contributed by atoms with Crippen LogP contribution < -0.4 is 5.32 Å². The Balaban J connectivity index is 2.32. The maximum atomic E-state index is 11.4. The minimum absolute atomic E-state index is 0.0453. The van der Waals surface area contributed by atoms with Crippen LogP contribution >= 0.6 is 0 Å². The van der Waals surface area contributed by atoms with E-state index in [1.807, 2.05) is 0 Å². The molecule has 0 aromatic rings. The Labute approximate surface area is 78.3 Å². The fourth-order valence-corrected chi connectivity index (χ4v) is 1.34. The van der Waals surface area contributed by atoms with Gasteiger partial charge in [0.25, 0.3) is 0 Å². The molecule has 0 saturated carbocycles. The minimum atomic E-state index is -0.0453. The molecule has 1 heterocycles. The third-order valence-electron chi connectivity index (χ3n) is 2.14. The summed E-state index contributed by atoms with van der Waals surface area (Å²) in [5, 5.41) is 2.69. The van der Waals surface area contributed by atoms with Crippen LogP contribution in [-0.4, -0.2) is 36.3 Å². The van der Waals surface area contributed by atoms with Crippen molar-refractivity contribution in [1.29, 1.82) is 0 Å². The molecule has 13 heavy (non-hydrogen) atoms. The topological polar surface area (TPSA) is 49.4 Å². The van der Waals surface area contributed by atoms with Crippen LogP contribution in [0, 0.1) is 0 Å². The van der Waals surface area contributed by atoms with Gasteiger partial charge in [-0.3, -0.25) is 9.59 Å². The summed E-state index contributed by atoms with van der Waals surface area (Å²) in [7, 11) is 0. The normalized spacial score (nSPS) is 17.0. The van der Waals surface area contributed by atoms with Gasteiger partial charge in [-0.25, -0.2) is 0 Å². The zero-order chi connectivity index (χ0) is 9.68. The second-order valence-corrected chi connectivity index (χ2v) is 3.27. The Hall–Kier alpha value is -1.06. The molecule has 1 aliphatic rings. The lowest BCUT2D eigenvalue weighted by molar-refractivity contribution is -0.138. The van der Waals surface area contributed by atoms with Gasteiger partial charge in [0.15, 0.2) is 0 Å². The van der Waals surface area contributed by atoms with Crippen molar-refractivity contribution >= 4 is 11.8 Å². The van der Waals surface area contributed by atoms with Gasteiger partial charge in [-0.2, -0.15) is 0 Å². The Morgan fingerprint density at radius 1 is 1.62 bits per heavy atom. The summed E-state index contributed by atoms with van der Waals surface area (Å²) in [6, 6.07) is 0. The van der Waals surface area contributed by atoms with Crippen LogP contribution in [0.15, 0.2) is 0 Å². The maximum absolute atomic E-state index is 11.4. The summed E-state index contributed by atoms with van der Waals surface area (Å²) < 4.78 is 0. The van der Waals surface area contributed by atoms with Gasteiger partial charge in [0.2, 0.25) is 11.8 Å². The Kier molecular flexibility index (Phi) is 3.73. The highest BCUT2D eigenvalue weighted by Crippen LogP contribution is 2.01. The molecule has 1 saturated heterocycles. The molecule has 0 radical (unpaired) electrons. The lowest BCUT2D eigenvalue weighted by Gasteiger charge is -2.26. The van der Waals surface area contributed by atoms with E-state index in [0.717, 1.165) is 12.8 Å². The van der Waals surface area contributed by atoms with Gasteiger partial charge in [-0.1, -0.05) is 13.3 Å². The second-order valence-electron chi connectivity index (χ2n) is 3.27. The maximum Gasteiger partial charge on any atom is 0.239 e. The van der Waals surface area contributed by atoms with E-state index >= 15 is 0 Å². The van der Waals surface area contributed by atoms with Crippen molar-refractivity contribution < 1.29 is 9.59 Å². The van der Waals surface area contributed by atoms with Crippen molar-refractivity contribution in [3.8, 4) is 0 Å². The highest BCUT2D eigenvalue weighted by molar-refractivity contribution is 5.85. The first-order valence-electron chi connectivity index (χ1n) is 4.78. The summed E-state index contributed by atoms with van der Waals surface area (Å²) in [5.41, 5.74) is 0. The Bertz CT molecular complexity index is 204. The molecule has 0 aliphatic carbocycles. The second kappa shape index (κ2) is 4.84. The number of unbranched alkanes of at least 4 members (excludes halogenated alkanes) is 1. The number of rotatable bonds is 3. The third-order valence-corrected chi connectivity index (χ3v) is 2.14. The molecule has 4 nitrogen and oxygen atoms in total. The first kappa shape index (κ1) is 10.0. The average Bonchev–Trinajstić information content (AvgIpc) is 2.14. The first-order chi connectivity index (χ1) is 6.24. The van der Waals surface area contributed by atoms with E-state index in [1.165, 1.54) is 0 Å². The van der Waals surface area contributed by atoms with E-state index in [1.54, 1.807) is 4.90 Å². The SMILES string of the molecule is CCCCC(=O)N1CCNC(=O)C1. The number of carbonyl (C=O) groups is 2. The lowest BCUT2D eigenvalue weighted by atomic mass is 10.2. The molecule has 0 atom stereocenters. The molecule has 74 valence electrons. The molecule has 0 bridgehead atoms. The number of nitrogens with one attached hydrogen (secondary N) is 1. The fourth-order valence-electron chi connectivity index (χ4n) is 1.34. The fraction of sp³-hybridized carbons (Fsp3) is 0.778. The Morgan fingerprint density at radius 2 is 2.38 bits per heavy atom. The summed E-state index contributed by atoms with van der Waals surface area (Å²) in [6.45, 7) is 3.55. The van der Waals surface area contributed by atoms with E-state index in [-0.39, 0.29) is 18.4 Å². The zero-order valence-corrected chi connectivity index (χ0v) is 8.01. The van der Waals surface area contributed by atoms with Gasteiger partial charge in [0, 0.05) is 19.5 Å². The van der Waals surface area contributed by atoms with Crippen LogP contribution in [0.5, 0.6) is 0 Å². The van der Waals surface area contributed by atoms with Crippen LogP contribution in [0.25, 0.3) is 0 Å². The van der Waals surface area contributed by atoms with Gasteiger partial charge in [-0.15, -0.1) is 0 Å². The molecule has 0 aromatic heterocycles. The van der Waals surface area contributed by atoms with Crippen molar-refractivity contribution in [2.45, 2.75) is 26.2 Å². The van der Waals surface area contributed by atoms with E-state index in [9.17, 15) is 9.59 Å². The van der Waals surface area contributed by atoms with Crippen LogP contribution in [0.1, 0.15) is 26.2 Å². The molecule has 1 rings (SSSR count). The molecule has 1 N–H and O–H groups in total. The number of hydrogen-bond donors (Lipinski definition) is 1.